The normalized spacial score (nSPS) is 15.8. The second-order valence-electron chi connectivity index (χ2n) is 3.43. The quantitative estimate of drug-likeness (QED) is 0.744. The molecular weight excluding hydrogens is 230 g/mol. The largest absolute Gasteiger partial charge is 0.293 e. The van der Waals surface area contributed by atoms with Crippen molar-refractivity contribution in [2.24, 2.45) is 0 Å². The highest BCUT2D eigenvalue weighted by Gasteiger charge is 2.25. The Kier molecular flexibility index (Phi) is 2.20. The van der Waals surface area contributed by atoms with Crippen LogP contribution < -0.4 is 0 Å². The molecule has 0 N–H and O–H groups in total. The monoisotopic (exact) mass is 239 g/mol. The van der Waals surface area contributed by atoms with Crippen molar-refractivity contribution < 1.29 is 4.79 Å². The second-order valence-corrected chi connectivity index (χ2v) is 4.34. The van der Waals surface area contributed by atoms with Gasteiger partial charge in [0, 0.05) is 23.0 Å². The van der Waals surface area contributed by atoms with Gasteiger partial charge >= 0.3 is 0 Å². The number of rotatable bonds is 2. The van der Waals surface area contributed by atoms with Crippen LogP contribution in [0.1, 0.15) is 41.9 Å². The number of carbonyl (C=O) groups excluding carboxylic acids is 1. The van der Waals surface area contributed by atoms with E-state index < -0.39 is 0 Å². The van der Waals surface area contributed by atoms with Gasteiger partial charge in [0.05, 0.1) is 0 Å². The molecule has 1 aliphatic rings. The topological polar surface area (TPSA) is 30.0 Å². The summed E-state index contributed by atoms with van der Waals surface area (Å²) in [5, 5.41) is 0. The van der Waals surface area contributed by atoms with Crippen molar-refractivity contribution >= 4 is 21.7 Å². The Morgan fingerprint density at radius 3 is 2.77 bits per heavy atom. The summed E-state index contributed by atoms with van der Waals surface area (Å²) in [4.78, 5) is 15.4. The summed E-state index contributed by atoms with van der Waals surface area (Å²) in [6, 6.07) is 3.78. The zero-order valence-corrected chi connectivity index (χ0v) is 8.97. The number of ketones is 1. The molecule has 1 heterocycles. The van der Waals surface area contributed by atoms with Crippen molar-refractivity contribution in [1.29, 1.82) is 0 Å². The van der Waals surface area contributed by atoms with E-state index in [1.165, 1.54) is 12.8 Å². The van der Waals surface area contributed by atoms with Crippen molar-refractivity contribution in [2.75, 3.05) is 0 Å². The summed E-state index contributed by atoms with van der Waals surface area (Å²) in [6.07, 6.45) is 2.42. The van der Waals surface area contributed by atoms with E-state index in [0.717, 1.165) is 10.2 Å². The molecule has 2 rings (SSSR count). The fraction of sp³-hybridized carbons (Fsp3) is 0.400. The lowest BCUT2D eigenvalue weighted by atomic mass is 10.2. The third-order valence-electron chi connectivity index (χ3n) is 2.17. The molecule has 0 saturated heterocycles. The Morgan fingerprint density at radius 1 is 1.54 bits per heavy atom. The van der Waals surface area contributed by atoms with Crippen LogP contribution in [0.15, 0.2) is 16.6 Å². The van der Waals surface area contributed by atoms with Crippen molar-refractivity contribution in [3.63, 3.8) is 0 Å². The van der Waals surface area contributed by atoms with E-state index in [1.807, 2.05) is 6.07 Å². The molecule has 1 fully saturated rings. The van der Waals surface area contributed by atoms with E-state index in [1.54, 1.807) is 13.0 Å². The van der Waals surface area contributed by atoms with Gasteiger partial charge in [0.2, 0.25) is 0 Å². The molecule has 2 nitrogen and oxygen atoms in total. The average molecular weight is 240 g/mol. The van der Waals surface area contributed by atoms with Crippen LogP contribution in [0.2, 0.25) is 0 Å². The Bertz CT molecular complexity index is 358. The van der Waals surface area contributed by atoms with Gasteiger partial charge in [-0.1, -0.05) is 15.9 Å². The van der Waals surface area contributed by atoms with Crippen molar-refractivity contribution in [2.45, 2.75) is 25.7 Å². The SMILES string of the molecule is CC(=O)c1cc(Br)cc(C2CC2)n1. The molecule has 0 amide bonds. The van der Waals surface area contributed by atoms with Crippen LogP contribution in [-0.4, -0.2) is 10.8 Å². The van der Waals surface area contributed by atoms with E-state index in [0.29, 0.717) is 11.6 Å². The zero-order valence-electron chi connectivity index (χ0n) is 7.38. The maximum Gasteiger partial charge on any atom is 0.178 e. The maximum atomic E-state index is 11.1. The van der Waals surface area contributed by atoms with Gasteiger partial charge in [-0.3, -0.25) is 4.79 Å². The summed E-state index contributed by atoms with van der Waals surface area (Å²) in [5.41, 5.74) is 1.62. The molecule has 13 heavy (non-hydrogen) atoms. The minimum atomic E-state index is 0.0307. The first-order chi connectivity index (χ1) is 6.16. The molecule has 1 aliphatic carbocycles. The highest BCUT2D eigenvalue weighted by Crippen LogP contribution is 2.39. The lowest BCUT2D eigenvalue weighted by molar-refractivity contribution is 0.101. The predicted octanol–water partition coefficient (Wildman–Crippen LogP) is 2.92. The van der Waals surface area contributed by atoms with Crippen LogP contribution in [0, 0.1) is 0 Å². The van der Waals surface area contributed by atoms with E-state index >= 15 is 0 Å². The lowest BCUT2D eigenvalue weighted by Crippen LogP contribution is -1.99. The molecule has 0 unspecified atom stereocenters. The number of Topliss-reactive ketones (excluding diaryl/α,β-unsaturated/α-hetero) is 1. The number of pyridine rings is 1. The Hall–Kier alpha value is -0.700. The number of carbonyl (C=O) groups is 1. The van der Waals surface area contributed by atoms with Crippen molar-refractivity contribution in [3.05, 3.63) is 28.0 Å². The number of aromatic nitrogens is 1. The van der Waals surface area contributed by atoms with Gasteiger partial charge in [-0.05, 0) is 25.0 Å². The highest BCUT2D eigenvalue weighted by atomic mass is 79.9. The Balaban J connectivity index is 2.41. The van der Waals surface area contributed by atoms with Gasteiger partial charge in [0.25, 0.3) is 0 Å². The van der Waals surface area contributed by atoms with Crippen molar-refractivity contribution in [3.8, 4) is 0 Å². The van der Waals surface area contributed by atoms with Gasteiger partial charge in [-0.2, -0.15) is 0 Å². The van der Waals surface area contributed by atoms with Crippen LogP contribution in [0.5, 0.6) is 0 Å². The highest BCUT2D eigenvalue weighted by molar-refractivity contribution is 9.10. The molecule has 0 atom stereocenters. The third-order valence-corrected chi connectivity index (χ3v) is 2.62. The van der Waals surface area contributed by atoms with Gasteiger partial charge in [0.1, 0.15) is 5.69 Å². The van der Waals surface area contributed by atoms with Crippen LogP contribution >= 0.6 is 15.9 Å². The van der Waals surface area contributed by atoms with Gasteiger partial charge < -0.3 is 0 Å². The first kappa shape index (κ1) is 8.88. The molecule has 68 valence electrons. The second kappa shape index (κ2) is 3.22. The standard InChI is InChI=1S/C10H10BrNO/c1-6(13)9-4-8(11)5-10(12-9)7-2-3-7/h4-5,7H,2-3H2,1H3. The van der Waals surface area contributed by atoms with E-state index in [9.17, 15) is 4.79 Å². The number of halogens is 1. The molecule has 0 aromatic carbocycles. The first-order valence-corrected chi connectivity index (χ1v) is 5.14. The summed E-state index contributed by atoms with van der Waals surface area (Å²) in [5.74, 6) is 0.624. The van der Waals surface area contributed by atoms with E-state index in [2.05, 4.69) is 20.9 Å². The number of hydrogen-bond acceptors (Lipinski definition) is 2. The number of hydrogen-bond donors (Lipinski definition) is 0. The van der Waals surface area contributed by atoms with Crippen LogP contribution in [-0.2, 0) is 0 Å². The molecule has 1 aromatic heterocycles. The van der Waals surface area contributed by atoms with Gasteiger partial charge in [-0.15, -0.1) is 0 Å². The van der Waals surface area contributed by atoms with Crippen LogP contribution in [0.4, 0.5) is 0 Å². The summed E-state index contributed by atoms with van der Waals surface area (Å²) >= 11 is 3.39. The smallest absolute Gasteiger partial charge is 0.178 e. The molecular formula is C10H10BrNO. The van der Waals surface area contributed by atoms with Crippen LogP contribution in [0.3, 0.4) is 0 Å². The third kappa shape index (κ3) is 1.97. The summed E-state index contributed by atoms with van der Waals surface area (Å²) in [6.45, 7) is 1.55. The van der Waals surface area contributed by atoms with Gasteiger partial charge in [0.15, 0.2) is 5.78 Å². The minimum Gasteiger partial charge on any atom is -0.293 e. The van der Waals surface area contributed by atoms with Gasteiger partial charge in [-0.25, -0.2) is 4.98 Å². The Labute approximate surface area is 85.5 Å². The van der Waals surface area contributed by atoms with E-state index in [4.69, 9.17) is 0 Å². The summed E-state index contributed by atoms with van der Waals surface area (Å²) < 4.78 is 0.953. The molecule has 1 aromatic rings. The lowest BCUT2D eigenvalue weighted by Gasteiger charge is -2.01. The minimum absolute atomic E-state index is 0.0307. The number of nitrogens with zero attached hydrogens (tertiary/aromatic N) is 1. The van der Waals surface area contributed by atoms with Crippen molar-refractivity contribution in [1.82, 2.24) is 4.98 Å². The predicted molar refractivity (Wildman–Crippen MR) is 53.9 cm³/mol. The molecule has 0 bridgehead atoms. The molecule has 1 saturated carbocycles. The zero-order chi connectivity index (χ0) is 9.42. The average Bonchev–Trinajstić information content (AvgIpc) is 2.85. The van der Waals surface area contributed by atoms with Crippen LogP contribution in [0.25, 0.3) is 0 Å². The van der Waals surface area contributed by atoms with E-state index in [-0.39, 0.29) is 5.78 Å². The first-order valence-electron chi connectivity index (χ1n) is 4.35. The molecule has 0 spiro atoms. The Morgan fingerprint density at radius 2 is 2.23 bits per heavy atom. The molecule has 3 heteroatoms. The fourth-order valence-corrected chi connectivity index (χ4v) is 1.74. The molecule has 0 aliphatic heterocycles. The summed E-state index contributed by atoms with van der Waals surface area (Å²) in [7, 11) is 0. The molecule has 0 radical (unpaired) electrons. The fourth-order valence-electron chi connectivity index (χ4n) is 1.29. The maximum absolute atomic E-state index is 11.1.